The third kappa shape index (κ3) is 6.16. The molecular formula is C26H30O2S. The molecule has 0 aliphatic carbocycles. The highest BCUT2D eigenvalue weighted by Gasteiger charge is 2.11. The predicted octanol–water partition coefficient (Wildman–Crippen LogP) is 6.45. The zero-order valence-corrected chi connectivity index (χ0v) is 17.8. The summed E-state index contributed by atoms with van der Waals surface area (Å²) >= 11 is 1.81. The maximum Gasteiger partial charge on any atom is 0.122 e. The highest BCUT2D eigenvalue weighted by Crippen LogP contribution is 2.31. The van der Waals surface area contributed by atoms with Gasteiger partial charge in [-0.3, -0.25) is 0 Å². The average molecular weight is 407 g/mol. The monoisotopic (exact) mass is 406 g/mol. The second kappa shape index (κ2) is 11.4. The number of hydrogen-bond acceptors (Lipinski definition) is 3. The molecule has 3 heteroatoms. The van der Waals surface area contributed by atoms with E-state index in [1.165, 1.54) is 11.1 Å². The van der Waals surface area contributed by atoms with Crippen LogP contribution in [-0.2, 0) is 37.2 Å². The third-order valence-electron chi connectivity index (χ3n) is 4.65. The summed E-state index contributed by atoms with van der Waals surface area (Å²) in [5, 5.41) is 20.8. The van der Waals surface area contributed by atoms with Crippen LogP contribution in [0.3, 0.4) is 0 Å². The Labute approximate surface area is 179 Å². The number of thioether (sulfide) groups is 1. The molecule has 152 valence electrons. The molecule has 0 saturated heterocycles. The number of benzene rings is 2. The summed E-state index contributed by atoms with van der Waals surface area (Å²) in [6.45, 7) is 15.1. The number of rotatable bonds is 12. The second-order valence-corrected chi connectivity index (χ2v) is 7.97. The van der Waals surface area contributed by atoms with Crippen LogP contribution in [0.2, 0.25) is 0 Å². The second-order valence-electron chi connectivity index (χ2n) is 6.99. The SMILES string of the molecule is C=CCc1cc(CSCc2cc(CC=C)c(O)c(CC=C)c2)cc(CC=C)c1O. The minimum absolute atomic E-state index is 0.347. The number of allylic oxidation sites excluding steroid dienone is 4. The van der Waals surface area contributed by atoms with Gasteiger partial charge in [0.25, 0.3) is 0 Å². The Morgan fingerprint density at radius 2 is 0.862 bits per heavy atom. The van der Waals surface area contributed by atoms with E-state index in [-0.39, 0.29) is 0 Å². The van der Waals surface area contributed by atoms with E-state index in [1.807, 2.05) is 36.1 Å². The summed E-state index contributed by atoms with van der Waals surface area (Å²) in [6, 6.07) is 8.22. The fourth-order valence-corrected chi connectivity index (χ4v) is 4.27. The molecule has 0 aromatic heterocycles. The highest BCUT2D eigenvalue weighted by molar-refractivity contribution is 7.97. The van der Waals surface area contributed by atoms with Gasteiger partial charge in [-0.1, -0.05) is 48.6 Å². The summed E-state index contributed by atoms with van der Waals surface area (Å²) in [4.78, 5) is 0. The molecule has 2 aromatic rings. The van der Waals surface area contributed by atoms with Crippen LogP contribution in [0.25, 0.3) is 0 Å². The largest absolute Gasteiger partial charge is 0.507 e. The van der Waals surface area contributed by atoms with Crippen molar-refractivity contribution in [2.75, 3.05) is 0 Å². The van der Waals surface area contributed by atoms with Crippen molar-refractivity contribution >= 4 is 11.8 Å². The Kier molecular flexibility index (Phi) is 8.88. The molecule has 0 atom stereocenters. The standard InChI is InChI=1S/C26H30O2S/c1-5-9-21-13-19(14-22(10-6-2)25(21)27)17-29-18-20-15-23(11-7-3)26(28)24(16-20)12-8-4/h5-8,13-16,27-28H,1-4,9-12,17-18H2. The van der Waals surface area contributed by atoms with Gasteiger partial charge in [-0.25, -0.2) is 0 Å². The zero-order valence-electron chi connectivity index (χ0n) is 17.0. The van der Waals surface area contributed by atoms with Gasteiger partial charge < -0.3 is 10.2 Å². The molecule has 0 heterocycles. The van der Waals surface area contributed by atoms with Crippen molar-refractivity contribution in [2.45, 2.75) is 37.2 Å². The molecule has 0 radical (unpaired) electrons. The van der Waals surface area contributed by atoms with E-state index in [2.05, 4.69) is 50.6 Å². The van der Waals surface area contributed by atoms with Gasteiger partial charge >= 0.3 is 0 Å². The molecular weight excluding hydrogens is 376 g/mol. The van der Waals surface area contributed by atoms with Crippen LogP contribution in [0.1, 0.15) is 33.4 Å². The number of phenolic OH excluding ortho intramolecular Hbond substituents is 2. The quantitative estimate of drug-likeness (QED) is 0.398. The van der Waals surface area contributed by atoms with E-state index >= 15 is 0 Å². The van der Waals surface area contributed by atoms with Crippen LogP contribution < -0.4 is 0 Å². The third-order valence-corrected chi connectivity index (χ3v) is 5.72. The van der Waals surface area contributed by atoms with Gasteiger partial charge in [0.05, 0.1) is 0 Å². The lowest BCUT2D eigenvalue weighted by Crippen LogP contribution is -1.95. The van der Waals surface area contributed by atoms with Crippen molar-refractivity contribution < 1.29 is 10.2 Å². The molecule has 2 nitrogen and oxygen atoms in total. The first-order valence-electron chi connectivity index (χ1n) is 9.72. The van der Waals surface area contributed by atoms with Gasteiger partial charge in [0.15, 0.2) is 0 Å². The highest BCUT2D eigenvalue weighted by atomic mass is 32.2. The van der Waals surface area contributed by atoms with Crippen molar-refractivity contribution in [1.29, 1.82) is 0 Å². The van der Waals surface area contributed by atoms with E-state index in [1.54, 1.807) is 0 Å². The molecule has 29 heavy (non-hydrogen) atoms. The van der Waals surface area contributed by atoms with Gasteiger partial charge in [0.2, 0.25) is 0 Å². The zero-order chi connectivity index (χ0) is 21.2. The van der Waals surface area contributed by atoms with Gasteiger partial charge in [-0.15, -0.1) is 26.3 Å². The van der Waals surface area contributed by atoms with Crippen LogP contribution in [0.4, 0.5) is 0 Å². The molecule has 0 bridgehead atoms. The van der Waals surface area contributed by atoms with Crippen molar-refractivity contribution in [3.8, 4) is 11.5 Å². The molecule has 0 unspecified atom stereocenters. The number of aromatic hydroxyl groups is 2. The Morgan fingerprint density at radius 3 is 1.10 bits per heavy atom. The Balaban J connectivity index is 2.18. The first-order valence-corrected chi connectivity index (χ1v) is 10.9. The smallest absolute Gasteiger partial charge is 0.122 e. The normalized spacial score (nSPS) is 10.5. The lowest BCUT2D eigenvalue weighted by molar-refractivity contribution is 0.463. The number of phenols is 2. The van der Waals surface area contributed by atoms with Crippen molar-refractivity contribution in [3.63, 3.8) is 0 Å². The first kappa shape index (κ1) is 22.6. The van der Waals surface area contributed by atoms with Gasteiger partial charge in [0, 0.05) is 11.5 Å². The first-order chi connectivity index (χ1) is 14.0. The maximum absolute atomic E-state index is 10.4. The topological polar surface area (TPSA) is 40.5 Å². The van der Waals surface area contributed by atoms with Gasteiger partial charge in [-0.05, 0) is 59.1 Å². The molecule has 0 amide bonds. The Bertz CT molecular complexity index is 760. The maximum atomic E-state index is 10.4. The van der Waals surface area contributed by atoms with Crippen molar-refractivity contribution in [3.05, 3.63) is 108 Å². The van der Waals surface area contributed by atoms with Gasteiger partial charge in [0.1, 0.15) is 11.5 Å². The van der Waals surface area contributed by atoms with E-state index in [0.29, 0.717) is 37.2 Å². The molecule has 0 aliphatic rings. The predicted molar refractivity (Wildman–Crippen MR) is 127 cm³/mol. The minimum atomic E-state index is 0.347. The van der Waals surface area contributed by atoms with Crippen LogP contribution >= 0.6 is 11.8 Å². The van der Waals surface area contributed by atoms with Gasteiger partial charge in [-0.2, -0.15) is 11.8 Å². The molecule has 0 spiro atoms. The van der Waals surface area contributed by atoms with E-state index in [4.69, 9.17) is 0 Å². The number of hydrogen-bond donors (Lipinski definition) is 2. The molecule has 2 aromatic carbocycles. The summed E-state index contributed by atoms with van der Waals surface area (Å²) in [5.41, 5.74) is 5.97. The fraction of sp³-hybridized carbons (Fsp3) is 0.231. The fourth-order valence-electron chi connectivity index (χ4n) is 3.36. The average Bonchev–Trinajstić information content (AvgIpc) is 2.69. The van der Waals surface area contributed by atoms with Crippen LogP contribution in [0.15, 0.2) is 74.9 Å². The summed E-state index contributed by atoms with van der Waals surface area (Å²) < 4.78 is 0. The van der Waals surface area contributed by atoms with E-state index in [0.717, 1.165) is 33.8 Å². The molecule has 2 rings (SSSR count). The summed E-state index contributed by atoms with van der Waals surface area (Å²) in [6.07, 6.45) is 9.80. The lowest BCUT2D eigenvalue weighted by Gasteiger charge is -2.13. The van der Waals surface area contributed by atoms with E-state index in [9.17, 15) is 10.2 Å². The van der Waals surface area contributed by atoms with Crippen molar-refractivity contribution in [2.24, 2.45) is 0 Å². The van der Waals surface area contributed by atoms with Crippen molar-refractivity contribution in [1.82, 2.24) is 0 Å². The van der Waals surface area contributed by atoms with Crippen LogP contribution in [-0.4, -0.2) is 10.2 Å². The summed E-state index contributed by atoms with van der Waals surface area (Å²) in [5.74, 6) is 2.37. The molecule has 0 aliphatic heterocycles. The minimum Gasteiger partial charge on any atom is -0.507 e. The molecule has 2 N–H and O–H groups in total. The lowest BCUT2D eigenvalue weighted by atomic mass is 10.0. The Morgan fingerprint density at radius 1 is 0.586 bits per heavy atom. The molecule has 0 saturated carbocycles. The van der Waals surface area contributed by atoms with Crippen LogP contribution in [0.5, 0.6) is 11.5 Å². The Hall–Kier alpha value is -2.65. The summed E-state index contributed by atoms with van der Waals surface area (Å²) in [7, 11) is 0. The van der Waals surface area contributed by atoms with E-state index < -0.39 is 0 Å². The molecule has 0 fully saturated rings. The van der Waals surface area contributed by atoms with Crippen LogP contribution in [0, 0.1) is 0 Å².